The molecular weight excluding hydrogens is 254 g/mol. The highest BCUT2D eigenvalue weighted by molar-refractivity contribution is 6.10. The predicted octanol–water partition coefficient (Wildman–Crippen LogP) is 1.75. The van der Waals surface area contributed by atoms with Gasteiger partial charge in [0.1, 0.15) is 6.54 Å². The van der Waals surface area contributed by atoms with Gasteiger partial charge in [0.2, 0.25) is 11.8 Å². The Kier molecular flexibility index (Phi) is 4.74. The highest BCUT2D eigenvalue weighted by Crippen LogP contribution is 2.28. The SMILES string of the molecule is CCC[C@H](C)NCC(=O)N1CC(=O)Nc2ccccc21. The van der Waals surface area contributed by atoms with Crippen LogP contribution in [0.4, 0.5) is 11.4 Å². The number of hydrogen-bond donors (Lipinski definition) is 2. The van der Waals surface area contributed by atoms with Crippen molar-refractivity contribution < 1.29 is 9.59 Å². The summed E-state index contributed by atoms with van der Waals surface area (Å²) < 4.78 is 0. The molecule has 1 heterocycles. The number of fused-ring (bicyclic) bond motifs is 1. The lowest BCUT2D eigenvalue weighted by atomic mass is 10.2. The minimum Gasteiger partial charge on any atom is -0.323 e. The van der Waals surface area contributed by atoms with Crippen LogP contribution >= 0.6 is 0 Å². The molecule has 5 nitrogen and oxygen atoms in total. The van der Waals surface area contributed by atoms with Gasteiger partial charge in [0.25, 0.3) is 0 Å². The molecule has 1 aliphatic rings. The summed E-state index contributed by atoms with van der Waals surface area (Å²) in [7, 11) is 0. The van der Waals surface area contributed by atoms with Gasteiger partial charge in [0, 0.05) is 6.04 Å². The maximum Gasteiger partial charge on any atom is 0.244 e. The third kappa shape index (κ3) is 3.36. The second-order valence-electron chi connectivity index (χ2n) is 5.12. The zero-order valence-electron chi connectivity index (χ0n) is 12.0. The highest BCUT2D eigenvalue weighted by Gasteiger charge is 2.26. The average molecular weight is 275 g/mol. The third-order valence-corrected chi connectivity index (χ3v) is 3.40. The van der Waals surface area contributed by atoms with E-state index in [1.165, 1.54) is 0 Å². The van der Waals surface area contributed by atoms with Gasteiger partial charge in [-0.25, -0.2) is 0 Å². The van der Waals surface area contributed by atoms with E-state index in [0.717, 1.165) is 18.5 Å². The van der Waals surface area contributed by atoms with Gasteiger partial charge in [-0.1, -0.05) is 25.5 Å². The van der Waals surface area contributed by atoms with Crippen LogP contribution in [0.5, 0.6) is 0 Å². The number of nitrogens with one attached hydrogen (secondary N) is 2. The van der Waals surface area contributed by atoms with Crippen LogP contribution < -0.4 is 15.5 Å². The molecule has 2 rings (SSSR count). The van der Waals surface area contributed by atoms with E-state index >= 15 is 0 Å². The van der Waals surface area contributed by atoms with E-state index in [2.05, 4.69) is 24.5 Å². The van der Waals surface area contributed by atoms with Crippen LogP contribution in [0, 0.1) is 0 Å². The smallest absolute Gasteiger partial charge is 0.244 e. The number of para-hydroxylation sites is 2. The van der Waals surface area contributed by atoms with Crippen LogP contribution in [0.3, 0.4) is 0 Å². The fourth-order valence-corrected chi connectivity index (χ4v) is 2.35. The summed E-state index contributed by atoms with van der Waals surface area (Å²) in [6.07, 6.45) is 2.11. The average Bonchev–Trinajstić information content (AvgIpc) is 2.44. The zero-order chi connectivity index (χ0) is 14.5. The molecule has 1 atom stereocenters. The number of rotatable bonds is 5. The quantitative estimate of drug-likeness (QED) is 0.860. The number of benzene rings is 1. The van der Waals surface area contributed by atoms with Gasteiger partial charge in [-0.15, -0.1) is 0 Å². The molecule has 1 aliphatic heterocycles. The van der Waals surface area contributed by atoms with Crippen molar-refractivity contribution in [1.29, 1.82) is 0 Å². The number of carbonyl (C=O) groups is 2. The molecule has 20 heavy (non-hydrogen) atoms. The Hall–Kier alpha value is -1.88. The number of anilines is 2. The van der Waals surface area contributed by atoms with Crippen molar-refractivity contribution >= 4 is 23.2 Å². The van der Waals surface area contributed by atoms with E-state index in [0.29, 0.717) is 11.7 Å². The summed E-state index contributed by atoms with van der Waals surface area (Å²) >= 11 is 0. The van der Waals surface area contributed by atoms with Crippen molar-refractivity contribution in [3.05, 3.63) is 24.3 Å². The largest absolute Gasteiger partial charge is 0.323 e. The van der Waals surface area contributed by atoms with Crippen molar-refractivity contribution in [1.82, 2.24) is 5.32 Å². The zero-order valence-corrected chi connectivity index (χ0v) is 12.0. The molecule has 1 aromatic carbocycles. The molecule has 0 unspecified atom stereocenters. The van der Waals surface area contributed by atoms with Gasteiger partial charge in [-0.2, -0.15) is 0 Å². The number of nitrogens with zero attached hydrogens (tertiary/aromatic N) is 1. The molecule has 0 aromatic heterocycles. The molecule has 0 saturated carbocycles. The first-order valence-electron chi connectivity index (χ1n) is 7.04. The van der Waals surface area contributed by atoms with Crippen LogP contribution in [0.15, 0.2) is 24.3 Å². The molecule has 108 valence electrons. The van der Waals surface area contributed by atoms with E-state index in [-0.39, 0.29) is 24.9 Å². The van der Waals surface area contributed by atoms with E-state index in [9.17, 15) is 9.59 Å². The Labute approximate surface area is 119 Å². The van der Waals surface area contributed by atoms with E-state index in [1.54, 1.807) is 11.0 Å². The van der Waals surface area contributed by atoms with E-state index < -0.39 is 0 Å². The summed E-state index contributed by atoms with van der Waals surface area (Å²) in [6, 6.07) is 7.66. The van der Waals surface area contributed by atoms with Crippen molar-refractivity contribution in [2.45, 2.75) is 32.7 Å². The Morgan fingerprint density at radius 3 is 2.95 bits per heavy atom. The minimum absolute atomic E-state index is 0.0738. The fourth-order valence-electron chi connectivity index (χ4n) is 2.35. The number of amides is 2. The fraction of sp³-hybridized carbons (Fsp3) is 0.467. The van der Waals surface area contributed by atoms with Crippen LogP contribution in [0.2, 0.25) is 0 Å². The highest BCUT2D eigenvalue weighted by atomic mass is 16.2. The lowest BCUT2D eigenvalue weighted by molar-refractivity contribution is -0.121. The molecular formula is C15H21N3O2. The minimum atomic E-state index is -0.154. The second-order valence-corrected chi connectivity index (χ2v) is 5.12. The molecule has 0 fully saturated rings. The lowest BCUT2D eigenvalue weighted by Gasteiger charge is -2.29. The van der Waals surface area contributed by atoms with Gasteiger partial charge in [-0.05, 0) is 25.5 Å². The Morgan fingerprint density at radius 2 is 2.20 bits per heavy atom. The summed E-state index contributed by atoms with van der Waals surface area (Å²) in [5, 5.41) is 5.98. The van der Waals surface area contributed by atoms with Crippen molar-refractivity contribution in [2.24, 2.45) is 0 Å². The Morgan fingerprint density at radius 1 is 1.45 bits per heavy atom. The molecule has 5 heteroatoms. The summed E-state index contributed by atoms with van der Waals surface area (Å²) in [4.78, 5) is 25.5. The van der Waals surface area contributed by atoms with Crippen LogP contribution in [0.1, 0.15) is 26.7 Å². The topological polar surface area (TPSA) is 61.4 Å². The maximum absolute atomic E-state index is 12.3. The van der Waals surface area contributed by atoms with Crippen molar-refractivity contribution in [3.8, 4) is 0 Å². The summed E-state index contributed by atoms with van der Waals surface area (Å²) in [5.74, 6) is -0.228. The van der Waals surface area contributed by atoms with Crippen molar-refractivity contribution in [2.75, 3.05) is 23.3 Å². The standard InChI is InChI=1S/C15H21N3O2/c1-3-6-11(2)16-9-15(20)18-10-14(19)17-12-7-4-5-8-13(12)18/h4-5,7-8,11,16H,3,6,9-10H2,1-2H3,(H,17,19)/t11-/m0/s1. The van der Waals surface area contributed by atoms with Crippen LogP contribution in [0.25, 0.3) is 0 Å². The van der Waals surface area contributed by atoms with Gasteiger partial charge in [-0.3, -0.25) is 14.5 Å². The van der Waals surface area contributed by atoms with Crippen LogP contribution in [-0.4, -0.2) is 30.9 Å². The first kappa shape index (κ1) is 14.5. The molecule has 2 amide bonds. The summed E-state index contributed by atoms with van der Waals surface area (Å²) in [5.41, 5.74) is 1.46. The van der Waals surface area contributed by atoms with Gasteiger partial charge >= 0.3 is 0 Å². The van der Waals surface area contributed by atoms with E-state index in [1.807, 2.05) is 18.2 Å². The third-order valence-electron chi connectivity index (χ3n) is 3.40. The van der Waals surface area contributed by atoms with Crippen LogP contribution in [-0.2, 0) is 9.59 Å². The second kappa shape index (κ2) is 6.52. The van der Waals surface area contributed by atoms with Gasteiger partial charge < -0.3 is 10.6 Å². The lowest BCUT2D eigenvalue weighted by Crippen LogP contribution is -2.46. The molecule has 0 saturated heterocycles. The summed E-state index contributed by atoms with van der Waals surface area (Å²) in [6.45, 7) is 4.52. The van der Waals surface area contributed by atoms with Crippen molar-refractivity contribution in [3.63, 3.8) is 0 Å². The van der Waals surface area contributed by atoms with Gasteiger partial charge in [0.15, 0.2) is 0 Å². The molecule has 2 N–H and O–H groups in total. The maximum atomic E-state index is 12.3. The number of carbonyl (C=O) groups excluding carboxylic acids is 2. The Bertz CT molecular complexity index is 502. The monoisotopic (exact) mass is 275 g/mol. The molecule has 0 bridgehead atoms. The molecule has 0 radical (unpaired) electrons. The first-order valence-corrected chi connectivity index (χ1v) is 7.04. The molecule has 0 spiro atoms. The normalized spacial score (nSPS) is 15.5. The molecule has 0 aliphatic carbocycles. The van der Waals surface area contributed by atoms with Gasteiger partial charge in [0.05, 0.1) is 17.9 Å². The molecule has 1 aromatic rings. The number of hydrogen-bond acceptors (Lipinski definition) is 3. The predicted molar refractivity (Wildman–Crippen MR) is 79.8 cm³/mol. The van der Waals surface area contributed by atoms with E-state index in [4.69, 9.17) is 0 Å². The Balaban J connectivity index is 2.05. The first-order chi connectivity index (χ1) is 9.61.